The van der Waals surface area contributed by atoms with Gasteiger partial charge in [-0.2, -0.15) is 0 Å². The molecule has 0 aromatic heterocycles. The Morgan fingerprint density at radius 3 is 1.42 bits per heavy atom. The van der Waals surface area contributed by atoms with Crippen LogP contribution in [0.3, 0.4) is 0 Å². The Hall–Kier alpha value is -8.88. The number of phenolic OH excluding ortho intramolecular Hbond substituents is 1. The molecule has 1 aromatic rings. The van der Waals surface area contributed by atoms with Crippen LogP contribution in [0.25, 0.3) is 0 Å². The van der Waals surface area contributed by atoms with Crippen LogP contribution in [0.4, 0.5) is 0 Å². The second-order valence-electron chi connectivity index (χ2n) is 21.4. The van der Waals surface area contributed by atoms with Crippen LogP contribution in [0.5, 0.6) is 5.75 Å². The lowest BCUT2D eigenvalue weighted by molar-refractivity contribution is -0.144. The highest BCUT2D eigenvalue weighted by Gasteiger charge is 2.36. The number of amides is 11. The molecule has 0 bridgehead atoms. The van der Waals surface area contributed by atoms with E-state index < -0.39 is 164 Å². The van der Waals surface area contributed by atoms with E-state index in [0.29, 0.717) is 12.0 Å². The van der Waals surface area contributed by atoms with E-state index in [1.807, 2.05) is 13.8 Å². The molecule has 0 heterocycles. The molecule has 33 heteroatoms. The summed E-state index contributed by atoms with van der Waals surface area (Å²) in [4.78, 5) is 168. The number of benzene rings is 1. The summed E-state index contributed by atoms with van der Waals surface area (Å²) >= 11 is 0. The van der Waals surface area contributed by atoms with Crippen LogP contribution in [-0.2, 0) is 64.0 Å². The van der Waals surface area contributed by atoms with Crippen molar-refractivity contribution in [1.29, 1.82) is 0 Å². The Morgan fingerprint density at radius 1 is 0.523 bits per heavy atom. The van der Waals surface area contributed by atoms with Crippen LogP contribution in [0.15, 0.2) is 34.3 Å². The summed E-state index contributed by atoms with van der Waals surface area (Å²) in [6.45, 7) is 8.48. The fourth-order valence-electron chi connectivity index (χ4n) is 8.21. The van der Waals surface area contributed by atoms with Crippen molar-refractivity contribution in [2.75, 3.05) is 26.2 Å². The second-order valence-corrected chi connectivity index (χ2v) is 21.4. The highest BCUT2D eigenvalue weighted by Crippen LogP contribution is 2.14. The molecule has 0 aliphatic carbocycles. The first-order valence-electron chi connectivity index (χ1n) is 28.0. The number of aliphatic hydroxyl groups is 1. The lowest BCUT2D eigenvalue weighted by Gasteiger charge is -2.28. The van der Waals surface area contributed by atoms with Gasteiger partial charge in [-0.15, -0.1) is 0 Å². The number of aliphatic imine (C=N–C) groups is 2. The van der Waals surface area contributed by atoms with E-state index in [4.69, 9.17) is 40.1 Å². The first-order valence-corrected chi connectivity index (χ1v) is 28.0. The molecule has 0 spiro atoms. The number of primary amides is 2. The maximum atomic E-state index is 14.2. The van der Waals surface area contributed by atoms with E-state index in [2.05, 4.69) is 57.8 Å². The maximum Gasteiger partial charge on any atom is 0.326 e. The number of rotatable bonds is 41. The highest BCUT2D eigenvalue weighted by molar-refractivity contribution is 5.99. The molecule has 1 rings (SSSR count). The number of hydrogen-bond acceptors (Lipinski definition) is 17. The molecule has 10 atom stereocenters. The first-order chi connectivity index (χ1) is 40.3. The minimum atomic E-state index is -1.86. The number of nitrogens with two attached hydrogens (primary N) is 7. The molecular weight excluding hydrogens is 1130 g/mol. The summed E-state index contributed by atoms with van der Waals surface area (Å²) in [5, 5.41) is 51.5. The predicted molar refractivity (Wildman–Crippen MR) is 313 cm³/mol. The van der Waals surface area contributed by atoms with Gasteiger partial charge in [-0.3, -0.25) is 62.7 Å². The quantitative estimate of drug-likeness (QED) is 0.0165. The zero-order valence-corrected chi connectivity index (χ0v) is 49.5. The van der Waals surface area contributed by atoms with Crippen molar-refractivity contribution in [2.45, 2.75) is 167 Å². The molecular formula is C53H90N18O15. The predicted octanol–water partition coefficient (Wildman–Crippen LogP) is -6.28. The van der Waals surface area contributed by atoms with E-state index in [1.54, 1.807) is 27.7 Å². The molecule has 0 saturated carbocycles. The molecule has 0 unspecified atom stereocenters. The zero-order valence-electron chi connectivity index (χ0n) is 49.5. The number of aromatic hydroxyl groups is 1. The number of carboxylic acid groups (broad SMARTS) is 1. The van der Waals surface area contributed by atoms with Gasteiger partial charge in [-0.25, -0.2) is 4.79 Å². The maximum absolute atomic E-state index is 14.2. The number of carboxylic acids is 1. The molecule has 26 N–H and O–H groups in total. The van der Waals surface area contributed by atoms with Gasteiger partial charge in [0.25, 0.3) is 0 Å². The van der Waals surface area contributed by atoms with Gasteiger partial charge in [0.05, 0.1) is 25.6 Å². The standard InChI is InChI=1S/C53H90N18O15/c1-7-28(6)42(51(85)86)71-47(81)33(11-9-19-62-53(59)60)66-45(79)32(10-8-18-61-52(57)58)65-46(80)34(16-17-39(55)74)67-50(84)37(23-40(56)75)69-48(82)35(21-27(4)5)64-41(76)24-63-44(78)38(25-72)70-49(83)36(22-29-12-14-30(73)15-13-29)68-43(77)31(54)20-26(2)3/h12-15,26-28,31-38,42,72-73H,7-11,16-25,54H2,1-6H3,(H2,55,74)(H2,56,75)(H,63,78)(H,64,76)(H,65,80)(H,66,79)(H,67,84)(H,68,77)(H,69,82)(H,70,83)(H,71,81)(H,85,86)(H4,57,58,61)(H4,59,60,62)/t28-,31-,32-,33-,34-,35-,36-,37-,38-,42-/m0/s1. The Morgan fingerprint density at radius 2 is 0.965 bits per heavy atom. The van der Waals surface area contributed by atoms with Gasteiger partial charge >= 0.3 is 5.97 Å². The summed E-state index contributed by atoms with van der Waals surface area (Å²) in [7, 11) is 0. The Balaban J connectivity index is 3.45. The second kappa shape index (κ2) is 38.9. The number of carbonyl (C=O) groups is 12. The van der Waals surface area contributed by atoms with E-state index in [1.165, 1.54) is 24.3 Å². The number of hydrogen-bond donors (Lipinski definition) is 19. The number of carbonyl (C=O) groups excluding carboxylic acids is 11. The third-order valence-electron chi connectivity index (χ3n) is 13.0. The average Bonchev–Trinajstić information content (AvgIpc) is 3.56. The molecule has 0 radical (unpaired) electrons. The molecule has 0 aliphatic rings. The molecule has 86 heavy (non-hydrogen) atoms. The van der Waals surface area contributed by atoms with Gasteiger partial charge in [0.1, 0.15) is 54.1 Å². The highest BCUT2D eigenvalue weighted by atomic mass is 16.4. The van der Waals surface area contributed by atoms with Crippen LogP contribution < -0.4 is 88.0 Å². The number of nitrogens with one attached hydrogen (secondary N) is 9. The van der Waals surface area contributed by atoms with Gasteiger partial charge in [-0.1, -0.05) is 60.1 Å². The van der Waals surface area contributed by atoms with E-state index in [9.17, 15) is 72.9 Å². The fraction of sp³-hybridized carbons (Fsp3) is 0.623. The van der Waals surface area contributed by atoms with Gasteiger partial charge in [0.2, 0.25) is 65.0 Å². The number of guanidine groups is 2. The molecule has 11 amide bonds. The molecule has 1 aromatic carbocycles. The topological polar surface area (TPSA) is 581 Å². The van der Waals surface area contributed by atoms with Crippen molar-refractivity contribution in [3.63, 3.8) is 0 Å². The van der Waals surface area contributed by atoms with Crippen molar-refractivity contribution in [3.05, 3.63) is 29.8 Å². The van der Waals surface area contributed by atoms with Crippen LogP contribution in [-0.4, -0.2) is 179 Å². The SMILES string of the molecule is CC[C@H](C)[C@H](NC(=O)[C@H](CCCN=C(N)N)NC(=O)[C@H](CCCN=C(N)N)NC(=O)[C@H](CCC(N)=O)NC(=O)[C@H](CC(N)=O)NC(=O)[C@H](CC(C)C)NC(=O)CNC(=O)[C@H](CO)NC(=O)[C@H](Cc1ccc(O)cc1)NC(=O)[C@@H](N)CC(C)C)C(=O)O. The van der Waals surface area contributed by atoms with E-state index in [-0.39, 0.29) is 87.5 Å². The molecule has 33 nitrogen and oxygen atoms in total. The van der Waals surface area contributed by atoms with Crippen molar-refractivity contribution >= 4 is 82.9 Å². The number of aliphatic carboxylic acids is 1. The van der Waals surface area contributed by atoms with Crippen molar-refractivity contribution in [3.8, 4) is 5.75 Å². The zero-order chi connectivity index (χ0) is 65.4. The number of phenols is 1. The largest absolute Gasteiger partial charge is 0.508 e. The number of nitrogens with zero attached hydrogens (tertiary/aromatic N) is 2. The van der Waals surface area contributed by atoms with Crippen molar-refractivity contribution in [1.82, 2.24) is 47.9 Å². The lowest BCUT2D eigenvalue weighted by Crippen LogP contribution is -2.60. The molecule has 0 aliphatic heterocycles. The van der Waals surface area contributed by atoms with Crippen LogP contribution in [0.2, 0.25) is 0 Å². The Labute approximate surface area is 498 Å². The third-order valence-corrected chi connectivity index (χ3v) is 13.0. The molecule has 482 valence electrons. The monoisotopic (exact) mass is 1220 g/mol. The van der Waals surface area contributed by atoms with Crippen LogP contribution in [0.1, 0.15) is 111 Å². The third kappa shape index (κ3) is 30.1. The fourth-order valence-corrected chi connectivity index (χ4v) is 8.21. The molecule has 0 fully saturated rings. The lowest BCUT2D eigenvalue weighted by atomic mass is 9.98. The normalized spacial score (nSPS) is 14.5. The average molecular weight is 1220 g/mol. The Bertz CT molecular complexity index is 2520. The van der Waals surface area contributed by atoms with Crippen LogP contribution in [0, 0.1) is 17.8 Å². The van der Waals surface area contributed by atoms with Crippen molar-refractivity contribution in [2.24, 2.45) is 67.9 Å². The summed E-state index contributed by atoms with van der Waals surface area (Å²) in [6, 6.07) is -7.67. The summed E-state index contributed by atoms with van der Waals surface area (Å²) < 4.78 is 0. The van der Waals surface area contributed by atoms with E-state index in [0.717, 1.165) is 0 Å². The van der Waals surface area contributed by atoms with Gasteiger partial charge < -0.3 is 103 Å². The summed E-state index contributed by atoms with van der Waals surface area (Å²) in [5.74, 6) is -13.7. The first kappa shape index (κ1) is 75.1. The smallest absolute Gasteiger partial charge is 0.326 e. The van der Waals surface area contributed by atoms with Gasteiger partial charge in [0, 0.05) is 25.9 Å². The Kier molecular flexibility index (Phi) is 34.0. The van der Waals surface area contributed by atoms with Gasteiger partial charge in [-0.05, 0) is 80.4 Å². The summed E-state index contributed by atoms with van der Waals surface area (Å²) in [6.07, 6.45) is -1.75. The summed E-state index contributed by atoms with van der Waals surface area (Å²) in [5.41, 5.74) is 39.3. The molecule has 0 saturated heterocycles. The minimum Gasteiger partial charge on any atom is -0.508 e. The van der Waals surface area contributed by atoms with Crippen LogP contribution >= 0.6 is 0 Å². The van der Waals surface area contributed by atoms with Gasteiger partial charge in [0.15, 0.2) is 11.9 Å². The van der Waals surface area contributed by atoms with E-state index >= 15 is 0 Å². The van der Waals surface area contributed by atoms with Crippen molar-refractivity contribution < 1.29 is 72.9 Å². The minimum absolute atomic E-state index is 0.00308. The number of aliphatic hydroxyl groups excluding tert-OH is 1.